The maximum Gasteiger partial charge on any atom is -0.00905 e. The predicted octanol–water partition coefficient (Wildman–Crippen LogP) is 6.66. The largest absolute Gasteiger partial charge is 0.118 e. The monoisotopic (exact) mass is 380 g/mol. The fraction of sp³-hybridized carbons (Fsp3) is 0.333. The van der Waals surface area contributed by atoms with E-state index in [1.54, 1.807) is 21.7 Å². The van der Waals surface area contributed by atoms with Gasteiger partial charge in [-0.25, -0.2) is 0 Å². The van der Waals surface area contributed by atoms with Gasteiger partial charge in [-0.1, -0.05) is 59.7 Å². The van der Waals surface area contributed by atoms with E-state index in [2.05, 4.69) is 90.1 Å². The molecule has 0 atom stereocenters. The van der Waals surface area contributed by atoms with Crippen LogP contribution in [0.15, 0.2) is 48.5 Å². The molecule has 0 radical (unpaired) electrons. The smallest absolute Gasteiger partial charge is 0.00905 e. The summed E-state index contributed by atoms with van der Waals surface area (Å²) in [6, 6.07) is 18.5. The lowest BCUT2D eigenvalue weighted by molar-refractivity contribution is 1.32. The third-order valence-electron chi connectivity index (χ3n) is 5.70. The zero-order chi connectivity index (χ0) is 18.8. The van der Waals surface area contributed by atoms with Crippen LogP contribution in [0.25, 0.3) is 0 Å². The van der Waals surface area contributed by atoms with Crippen LogP contribution in [0.4, 0.5) is 0 Å². The maximum absolute atomic E-state index is 2.36. The quantitative estimate of drug-likeness (QED) is 0.434. The zero-order valence-corrected chi connectivity index (χ0v) is 18.7. The Balaban J connectivity index is 1.93. The molecule has 26 heavy (non-hydrogen) atoms. The highest BCUT2D eigenvalue weighted by Crippen LogP contribution is 2.47. The first-order valence-electron chi connectivity index (χ1n) is 9.42. The standard InChI is InChI=1S/C24H30P2/c1-17-7-11-23(12-8-17)26(24-13-9-18(2)10-14-24)16-15-25-21(5)19(3)20(4)22(25)6/h7-14H,15-16H2,1-6H3. The zero-order valence-electron chi connectivity index (χ0n) is 16.9. The highest BCUT2D eigenvalue weighted by Gasteiger charge is 2.17. The van der Waals surface area contributed by atoms with Crippen LogP contribution in [0.1, 0.15) is 32.8 Å². The molecule has 0 bridgehead atoms. The minimum atomic E-state index is -0.287. The van der Waals surface area contributed by atoms with E-state index in [0.29, 0.717) is 0 Å². The number of rotatable bonds is 5. The molecule has 2 heteroatoms. The summed E-state index contributed by atoms with van der Waals surface area (Å²) in [7, 11) is -0.384. The van der Waals surface area contributed by atoms with Gasteiger partial charge in [0.05, 0.1) is 0 Å². The van der Waals surface area contributed by atoms with Gasteiger partial charge in [0.15, 0.2) is 0 Å². The highest BCUT2D eigenvalue weighted by molar-refractivity contribution is 7.73. The normalized spacial score (nSPS) is 11.3. The SMILES string of the molecule is Cc1ccc(P(CCp2c(C)c(C)c(C)c2C)c2ccc(C)cc2)cc1. The molecule has 2 aromatic carbocycles. The van der Waals surface area contributed by atoms with Crippen molar-refractivity contribution < 1.29 is 0 Å². The fourth-order valence-corrected chi connectivity index (χ4v) is 9.34. The second-order valence-corrected chi connectivity index (χ2v) is 12.4. The maximum atomic E-state index is 2.36. The summed E-state index contributed by atoms with van der Waals surface area (Å²) in [6.45, 7) is 13.7. The Morgan fingerprint density at radius 3 is 1.38 bits per heavy atom. The van der Waals surface area contributed by atoms with Crippen LogP contribution >= 0.6 is 15.5 Å². The minimum Gasteiger partial charge on any atom is -0.118 e. The Kier molecular flexibility index (Phi) is 6.06. The van der Waals surface area contributed by atoms with Crippen molar-refractivity contribution in [2.24, 2.45) is 0 Å². The van der Waals surface area contributed by atoms with Gasteiger partial charge in [-0.3, -0.25) is 0 Å². The lowest BCUT2D eigenvalue weighted by Gasteiger charge is -2.20. The van der Waals surface area contributed by atoms with Crippen molar-refractivity contribution >= 4 is 26.1 Å². The molecule has 3 aromatic rings. The van der Waals surface area contributed by atoms with Gasteiger partial charge < -0.3 is 0 Å². The molecule has 0 spiro atoms. The van der Waals surface area contributed by atoms with E-state index in [1.807, 2.05) is 0 Å². The molecule has 0 amide bonds. The van der Waals surface area contributed by atoms with E-state index < -0.39 is 0 Å². The average molecular weight is 380 g/mol. The summed E-state index contributed by atoms with van der Waals surface area (Å²) in [5, 5.41) is 6.33. The Morgan fingerprint density at radius 2 is 1.00 bits per heavy atom. The van der Waals surface area contributed by atoms with Gasteiger partial charge in [-0.15, -0.1) is 7.53 Å². The van der Waals surface area contributed by atoms with Crippen LogP contribution < -0.4 is 10.6 Å². The Labute approximate surface area is 161 Å². The van der Waals surface area contributed by atoms with Gasteiger partial charge in [0, 0.05) is 0 Å². The highest BCUT2D eigenvalue weighted by atomic mass is 31.1. The van der Waals surface area contributed by atoms with Crippen molar-refractivity contribution in [3.8, 4) is 0 Å². The Bertz CT molecular complexity index is 812. The molecule has 1 heterocycles. The van der Waals surface area contributed by atoms with Crippen LogP contribution in [0.3, 0.4) is 0 Å². The summed E-state index contributed by atoms with van der Waals surface area (Å²) in [5.41, 5.74) is 5.78. The van der Waals surface area contributed by atoms with Crippen molar-refractivity contribution in [2.45, 2.75) is 47.7 Å². The number of hydrogen-bond acceptors (Lipinski definition) is 0. The second-order valence-electron chi connectivity index (χ2n) is 7.40. The van der Waals surface area contributed by atoms with Crippen LogP contribution in [0.2, 0.25) is 0 Å². The summed E-state index contributed by atoms with van der Waals surface area (Å²) in [6.07, 6.45) is 2.59. The van der Waals surface area contributed by atoms with E-state index in [4.69, 9.17) is 0 Å². The molecular formula is C24H30P2. The van der Waals surface area contributed by atoms with Crippen LogP contribution in [0.5, 0.6) is 0 Å². The summed E-state index contributed by atoms with van der Waals surface area (Å²) >= 11 is 0. The lowest BCUT2D eigenvalue weighted by Crippen LogP contribution is -2.14. The third kappa shape index (κ3) is 3.98. The number of benzene rings is 2. The van der Waals surface area contributed by atoms with E-state index in [9.17, 15) is 0 Å². The van der Waals surface area contributed by atoms with Crippen LogP contribution in [-0.2, 0) is 6.16 Å². The molecular weight excluding hydrogens is 350 g/mol. The minimum absolute atomic E-state index is 0.0965. The summed E-state index contributed by atoms with van der Waals surface area (Å²) in [5.74, 6) is 0. The molecule has 0 saturated heterocycles. The molecule has 0 aliphatic carbocycles. The molecule has 0 unspecified atom stereocenters. The van der Waals surface area contributed by atoms with E-state index in [-0.39, 0.29) is 15.5 Å². The second kappa shape index (κ2) is 8.12. The number of hydrogen-bond donors (Lipinski definition) is 0. The molecule has 0 saturated carbocycles. The van der Waals surface area contributed by atoms with E-state index in [0.717, 1.165) is 0 Å². The molecule has 0 nitrogen and oxygen atoms in total. The topological polar surface area (TPSA) is 0 Å². The van der Waals surface area contributed by atoms with Crippen molar-refractivity contribution in [3.05, 3.63) is 81.4 Å². The van der Waals surface area contributed by atoms with Gasteiger partial charge in [0.2, 0.25) is 0 Å². The van der Waals surface area contributed by atoms with Gasteiger partial charge in [-0.05, 0) is 94.1 Å². The average Bonchev–Trinajstić information content (AvgIpc) is 2.82. The fourth-order valence-electron chi connectivity index (χ4n) is 3.59. The first-order valence-corrected chi connectivity index (χ1v) is 12.5. The molecule has 0 aliphatic heterocycles. The molecule has 136 valence electrons. The molecule has 3 rings (SSSR count). The lowest BCUT2D eigenvalue weighted by atomic mass is 10.2. The molecule has 0 fully saturated rings. The van der Waals surface area contributed by atoms with Crippen molar-refractivity contribution in [1.82, 2.24) is 0 Å². The first kappa shape index (κ1) is 19.4. The molecule has 0 aliphatic rings. The molecule has 1 aromatic heterocycles. The van der Waals surface area contributed by atoms with E-state index in [1.165, 1.54) is 34.1 Å². The van der Waals surface area contributed by atoms with Gasteiger partial charge in [-0.2, -0.15) is 0 Å². The van der Waals surface area contributed by atoms with Gasteiger partial charge in [0.1, 0.15) is 0 Å². The Hall–Kier alpha value is -1.35. The van der Waals surface area contributed by atoms with Crippen LogP contribution in [0, 0.1) is 41.5 Å². The molecule has 0 N–H and O–H groups in total. The summed E-state index contributed by atoms with van der Waals surface area (Å²) < 4.78 is 0. The Morgan fingerprint density at radius 1 is 0.615 bits per heavy atom. The van der Waals surface area contributed by atoms with Crippen molar-refractivity contribution in [2.75, 3.05) is 6.16 Å². The summed E-state index contributed by atoms with van der Waals surface area (Å²) in [4.78, 5) is 0. The van der Waals surface area contributed by atoms with Crippen LogP contribution in [-0.4, -0.2) is 6.16 Å². The van der Waals surface area contributed by atoms with Gasteiger partial charge in [0.25, 0.3) is 0 Å². The van der Waals surface area contributed by atoms with Crippen molar-refractivity contribution in [1.29, 1.82) is 0 Å². The first-order chi connectivity index (χ1) is 12.4. The number of aryl methyl sites for hydroxylation is 2. The predicted molar refractivity (Wildman–Crippen MR) is 122 cm³/mol. The van der Waals surface area contributed by atoms with Gasteiger partial charge >= 0.3 is 0 Å². The van der Waals surface area contributed by atoms with Crippen molar-refractivity contribution in [3.63, 3.8) is 0 Å². The van der Waals surface area contributed by atoms with E-state index >= 15 is 0 Å². The third-order valence-corrected chi connectivity index (χ3v) is 11.5.